The molecule has 2 aliphatic heterocycles. The van der Waals surface area contributed by atoms with E-state index >= 15 is 0 Å². The summed E-state index contributed by atoms with van der Waals surface area (Å²) in [5.74, 6) is 0.159. The zero-order valence-electron chi connectivity index (χ0n) is 11.3. The first-order valence-corrected chi connectivity index (χ1v) is 7.07. The molecule has 0 spiro atoms. The first-order chi connectivity index (χ1) is 9.65. The molecule has 2 atom stereocenters. The Balaban J connectivity index is 1.72. The fraction of sp³-hybridized carbons (Fsp3) is 0.467. The minimum atomic E-state index is -0.0199. The minimum Gasteiger partial charge on any atom is -0.399 e. The predicted molar refractivity (Wildman–Crippen MR) is 75.8 cm³/mol. The molecule has 0 bridgehead atoms. The summed E-state index contributed by atoms with van der Waals surface area (Å²) in [6, 6.07) is 7.44. The van der Waals surface area contributed by atoms with Gasteiger partial charge in [-0.3, -0.25) is 9.59 Å². The highest BCUT2D eigenvalue weighted by atomic mass is 16.2. The summed E-state index contributed by atoms with van der Waals surface area (Å²) in [5, 5.41) is 2.87. The van der Waals surface area contributed by atoms with E-state index in [1.165, 1.54) is 0 Å². The Bertz CT molecular complexity index is 544. The Labute approximate surface area is 118 Å². The normalized spacial score (nSPS) is 25.2. The van der Waals surface area contributed by atoms with Crippen LogP contribution in [-0.4, -0.2) is 35.8 Å². The second kappa shape index (κ2) is 5.15. The molecule has 0 saturated carbocycles. The monoisotopic (exact) mass is 273 g/mol. The van der Waals surface area contributed by atoms with E-state index < -0.39 is 0 Å². The van der Waals surface area contributed by atoms with E-state index in [2.05, 4.69) is 5.32 Å². The molecule has 2 fully saturated rings. The van der Waals surface area contributed by atoms with Gasteiger partial charge >= 0.3 is 0 Å². The van der Waals surface area contributed by atoms with Crippen LogP contribution in [-0.2, 0) is 16.0 Å². The van der Waals surface area contributed by atoms with Crippen molar-refractivity contribution < 1.29 is 9.59 Å². The van der Waals surface area contributed by atoms with Crippen molar-refractivity contribution in [3.05, 3.63) is 29.8 Å². The number of carbonyl (C=O) groups excluding carboxylic acids is 2. The summed E-state index contributed by atoms with van der Waals surface area (Å²) in [6.45, 7) is 1.34. The van der Waals surface area contributed by atoms with E-state index in [0.29, 0.717) is 18.7 Å². The number of anilines is 1. The summed E-state index contributed by atoms with van der Waals surface area (Å²) in [6.07, 6.45) is 2.14. The van der Waals surface area contributed by atoms with Crippen molar-refractivity contribution in [1.29, 1.82) is 0 Å². The molecule has 106 valence electrons. The van der Waals surface area contributed by atoms with E-state index in [9.17, 15) is 9.59 Å². The molecule has 1 aromatic carbocycles. The maximum absolute atomic E-state index is 12.5. The second-order valence-corrected chi connectivity index (χ2v) is 5.57. The first-order valence-electron chi connectivity index (χ1n) is 7.07. The van der Waals surface area contributed by atoms with Crippen LogP contribution in [0.15, 0.2) is 24.3 Å². The number of hydrogen-bond acceptors (Lipinski definition) is 3. The van der Waals surface area contributed by atoms with Crippen molar-refractivity contribution in [2.45, 2.75) is 25.3 Å². The molecule has 0 aromatic heterocycles. The Morgan fingerprint density at radius 1 is 1.45 bits per heavy atom. The number of nitrogen functional groups attached to an aromatic ring is 1. The Morgan fingerprint density at radius 2 is 2.30 bits per heavy atom. The predicted octanol–water partition coefficient (Wildman–Crippen LogP) is 0.548. The molecule has 2 amide bonds. The fourth-order valence-electron chi connectivity index (χ4n) is 3.24. The van der Waals surface area contributed by atoms with Crippen molar-refractivity contribution in [2.24, 2.45) is 5.92 Å². The zero-order valence-corrected chi connectivity index (χ0v) is 11.3. The van der Waals surface area contributed by atoms with Gasteiger partial charge in [0.15, 0.2) is 0 Å². The van der Waals surface area contributed by atoms with Crippen LogP contribution in [0.3, 0.4) is 0 Å². The number of rotatable bonds is 2. The number of nitrogens with one attached hydrogen (secondary N) is 1. The van der Waals surface area contributed by atoms with Gasteiger partial charge in [0, 0.05) is 18.8 Å². The Kier molecular flexibility index (Phi) is 3.34. The van der Waals surface area contributed by atoms with Crippen LogP contribution in [0.2, 0.25) is 0 Å². The van der Waals surface area contributed by atoms with Gasteiger partial charge in [-0.1, -0.05) is 12.1 Å². The number of fused-ring (bicyclic) bond motifs is 1. The van der Waals surface area contributed by atoms with Crippen LogP contribution in [0.4, 0.5) is 5.69 Å². The highest BCUT2D eigenvalue weighted by molar-refractivity contribution is 5.85. The summed E-state index contributed by atoms with van der Waals surface area (Å²) in [7, 11) is 0. The molecule has 1 aromatic rings. The SMILES string of the molecule is Nc1cccc(CC(=O)N2CCCC3C(=O)NCC32)c1. The number of nitrogens with two attached hydrogens (primary N) is 1. The quantitative estimate of drug-likeness (QED) is 0.773. The molecule has 20 heavy (non-hydrogen) atoms. The highest BCUT2D eigenvalue weighted by Gasteiger charge is 2.42. The van der Waals surface area contributed by atoms with Gasteiger partial charge in [0.25, 0.3) is 0 Å². The lowest BCUT2D eigenvalue weighted by Crippen LogP contribution is -2.49. The van der Waals surface area contributed by atoms with Crippen molar-refractivity contribution in [2.75, 3.05) is 18.8 Å². The number of likely N-dealkylation sites (tertiary alicyclic amines) is 1. The third-order valence-corrected chi connectivity index (χ3v) is 4.23. The van der Waals surface area contributed by atoms with Crippen LogP contribution in [0, 0.1) is 5.92 Å². The van der Waals surface area contributed by atoms with E-state index in [0.717, 1.165) is 24.9 Å². The van der Waals surface area contributed by atoms with Gasteiger partial charge in [-0.05, 0) is 30.5 Å². The van der Waals surface area contributed by atoms with Gasteiger partial charge in [-0.2, -0.15) is 0 Å². The van der Waals surface area contributed by atoms with Gasteiger partial charge in [0.1, 0.15) is 0 Å². The van der Waals surface area contributed by atoms with Gasteiger partial charge in [-0.15, -0.1) is 0 Å². The van der Waals surface area contributed by atoms with E-state index in [1.807, 2.05) is 29.2 Å². The fourth-order valence-corrected chi connectivity index (χ4v) is 3.24. The molecule has 3 rings (SSSR count). The van der Waals surface area contributed by atoms with Crippen LogP contribution in [0.5, 0.6) is 0 Å². The zero-order chi connectivity index (χ0) is 14.1. The lowest BCUT2D eigenvalue weighted by molar-refractivity contribution is -0.136. The molecule has 0 aliphatic carbocycles. The third-order valence-electron chi connectivity index (χ3n) is 4.23. The van der Waals surface area contributed by atoms with Crippen molar-refractivity contribution in [3.8, 4) is 0 Å². The second-order valence-electron chi connectivity index (χ2n) is 5.57. The molecule has 2 aliphatic rings. The molecule has 2 saturated heterocycles. The summed E-state index contributed by atoms with van der Waals surface area (Å²) < 4.78 is 0. The molecule has 5 heteroatoms. The molecule has 0 radical (unpaired) electrons. The van der Waals surface area contributed by atoms with Crippen molar-refractivity contribution in [3.63, 3.8) is 0 Å². The summed E-state index contributed by atoms with van der Waals surface area (Å²) >= 11 is 0. The van der Waals surface area contributed by atoms with Crippen LogP contribution >= 0.6 is 0 Å². The standard InChI is InChI=1S/C15H19N3O2/c16-11-4-1-3-10(7-11)8-14(19)18-6-2-5-12-13(18)9-17-15(12)20/h1,3-4,7,12-13H,2,5-6,8-9,16H2,(H,17,20). The maximum atomic E-state index is 12.5. The molecule has 5 nitrogen and oxygen atoms in total. The minimum absolute atomic E-state index is 0.0199. The molecular weight excluding hydrogens is 254 g/mol. The topological polar surface area (TPSA) is 75.4 Å². The van der Waals surface area contributed by atoms with E-state index in [1.54, 1.807) is 0 Å². The Hall–Kier alpha value is -2.04. The maximum Gasteiger partial charge on any atom is 0.227 e. The average Bonchev–Trinajstić information content (AvgIpc) is 2.81. The molecular formula is C15H19N3O2. The van der Waals surface area contributed by atoms with Crippen molar-refractivity contribution >= 4 is 17.5 Å². The van der Waals surface area contributed by atoms with E-state index in [-0.39, 0.29) is 23.8 Å². The summed E-state index contributed by atoms with van der Waals surface area (Å²) in [4.78, 5) is 26.1. The number of nitrogens with zero attached hydrogens (tertiary/aromatic N) is 1. The number of amides is 2. The van der Waals surface area contributed by atoms with Crippen molar-refractivity contribution in [1.82, 2.24) is 10.2 Å². The average molecular weight is 273 g/mol. The van der Waals surface area contributed by atoms with Gasteiger partial charge in [-0.25, -0.2) is 0 Å². The lowest BCUT2D eigenvalue weighted by Gasteiger charge is -2.36. The van der Waals surface area contributed by atoms with Crippen LogP contribution in [0.25, 0.3) is 0 Å². The Morgan fingerprint density at radius 3 is 3.10 bits per heavy atom. The first kappa shape index (κ1) is 13.0. The molecule has 2 unspecified atom stereocenters. The molecule has 2 heterocycles. The van der Waals surface area contributed by atoms with Gasteiger partial charge < -0.3 is 16.0 Å². The van der Waals surface area contributed by atoms with Crippen LogP contribution in [0.1, 0.15) is 18.4 Å². The largest absolute Gasteiger partial charge is 0.399 e. The number of carbonyl (C=O) groups is 2. The number of piperidine rings is 1. The van der Waals surface area contributed by atoms with Gasteiger partial charge in [0.05, 0.1) is 18.4 Å². The number of hydrogen-bond donors (Lipinski definition) is 2. The highest BCUT2D eigenvalue weighted by Crippen LogP contribution is 2.27. The van der Waals surface area contributed by atoms with Crippen LogP contribution < -0.4 is 11.1 Å². The molecule has 3 N–H and O–H groups in total. The van der Waals surface area contributed by atoms with E-state index in [4.69, 9.17) is 5.73 Å². The smallest absolute Gasteiger partial charge is 0.227 e. The van der Waals surface area contributed by atoms with Gasteiger partial charge in [0.2, 0.25) is 11.8 Å². The third kappa shape index (κ3) is 2.35. The summed E-state index contributed by atoms with van der Waals surface area (Å²) in [5.41, 5.74) is 7.33. The lowest BCUT2D eigenvalue weighted by atomic mass is 9.91. The number of benzene rings is 1.